The fraction of sp³-hybridized carbons (Fsp3) is 0.462. The van der Waals surface area contributed by atoms with Crippen LogP contribution in [0.25, 0.3) is 0 Å². The van der Waals surface area contributed by atoms with Gasteiger partial charge in [-0.1, -0.05) is 28.8 Å². The average molecular weight is 317 g/mol. The summed E-state index contributed by atoms with van der Waals surface area (Å²) in [5.74, 6) is -0.911. The Labute approximate surface area is 115 Å². The molecular weight excluding hydrogens is 300 g/mol. The number of ether oxygens (including phenoxy) is 1. The number of hydrogen-bond donors (Lipinski definition) is 2. The molecule has 18 heavy (non-hydrogen) atoms. The van der Waals surface area contributed by atoms with Crippen molar-refractivity contribution in [3.63, 3.8) is 0 Å². The third-order valence-electron chi connectivity index (χ3n) is 2.46. The van der Waals surface area contributed by atoms with Gasteiger partial charge in [-0.05, 0) is 25.0 Å². The number of phenolic OH excluding ortho intramolecular Hbond substituents is 2. The molecule has 0 aliphatic heterocycles. The highest BCUT2D eigenvalue weighted by atomic mass is 79.9. The Morgan fingerprint density at radius 1 is 1.17 bits per heavy atom. The van der Waals surface area contributed by atoms with E-state index in [9.17, 15) is 9.90 Å². The van der Waals surface area contributed by atoms with Crippen LogP contribution in [0.2, 0.25) is 0 Å². The molecule has 0 aliphatic rings. The van der Waals surface area contributed by atoms with Gasteiger partial charge in [0.05, 0.1) is 6.61 Å². The number of hydrogen-bond acceptors (Lipinski definition) is 4. The molecule has 0 atom stereocenters. The van der Waals surface area contributed by atoms with Crippen molar-refractivity contribution in [2.24, 2.45) is 0 Å². The van der Waals surface area contributed by atoms with Crippen molar-refractivity contribution in [2.75, 3.05) is 11.9 Å². The molecule has 0 bridgehead atoms. The molecule has 100 valence electrons. The SMILES string of the molecule is O=C(OCCCCCCBr)c1ccc(O)cc1O. The maximum atomic E-state index is 11.6. The van der Waals surface area contributed by atoms with Gasteiger partial charge in [-0.3, -0.25) is 0 Å². The van der Waals surface area contributed by atoms with E-state index in [4.69, 9.17) is 9.84 Å². The van der Waals surface area contributed by atoms with Crippen LogP contribution in [0.4, 0.5) is 0 Å². The average Bonchev–Trinajstić information content (AvgIpc) is 2.33. The Balaban J connectivity index is 2.32. The molecule has 0 aromatic heterocycles. The number of aromatic hydroxyl groups is 2. The minimum absolute atomic E-state index is 0.0771. The lowest BCUT2D eigenvalue weighted by Gasteiger charge is -2.06. The predicted octanol–water partition coefficient (Wildman–Crippen LogP) is 3.21. The molecule has 0 heterocycles. The van der Waals surface area contributed by atoms with E-state index in [-0.39, 0.29) is 17.1 Å². The number of alkyl halides is 1. The molecule has 0 fully saturated rings. The standard InChI is InChI=1S/C13H17BrO4/c14-7-3-1-2-4-8-18-13(17)11-6-5-10(15)9-12(11)16/h5-6,9,15-16H,1-4,7-8H2. The Morgan fingerprint density at radius 3 is 2.56 bits per heavy atom. The van der Waals surface area contributed by atoms with Crippen LogP contribution in [-0.4, -0.2) is 28.1 Å². The van der Waals surface area contributed by atoms with E-state index in [1.54, 1.807) is 0 Å². The topological polar surface area (TPSA) is 66.8 Å². The fourth-order valence-electron chi connectivity index (χ4n) is 1.49. The molecule has 0 amide bonds. The maximum absolute atomic E-state index is 11.6. The molecule has 5 heteroatoms. The first-order valence-electron chi connectivity index (χ1n) is 5.90. The van der Waals surface area contributed by atoms with Crippen LogP contribution in [-0.2, 0) is 4.74 Å². The Hall–Kier alpha value is -1.23. The summed E-state index contributed by atoms with van der Waals surface area (Å²) in [6.45, 7) is 0.349. The summed E-state index contributed by atoms with van der Waals surface area (Å²) in [4.78, 5) is 11.6. The van der Waals surface area contributed by atoms with E-state index in [1.165, 1.54) is 12.1 Å². The zero-order valence-electron chi connectivity index (χ0n) is 10.1. The van der Waals surface area contributed by atoms with Crippen molar-refractivity contribution in [1.82, 2.24) is 0 Å². The zero-order chi connectivity index (χ0) is 13.4. The minimum atomic E-state index is -0.562. The Kier molecular flexibility index (Phi) is 6.57. The van der Waals surface area contributed by atoms with Gasteiger partial charge in [-0.2, -0.15) is 0 Å². The summed E-state index contributed by atoms with van der Waals surface area (Å²) in [6.07, 6.45) is 4.05. The van der Waals surface area contributed by atoms with E-state index in [0.29, 0.717) is 6.61 Å². The highest BCUT2D eigenvalue weighted by molar-refractivity contribution is 9.09. The third-order valence-corrected chi connectivity index (χ3v) is 3.02. The maximum Gasteiger partial charge on any atom is 0.341 e. The summed E-state index contributed by atoms with van der Waals surface area (Å²) in [5, 5.41) is 19.6. The Morgan fingerprint density at radius 2 is 1.89 bits per heavy atom. The number of rotatable bonds is 7. The molecule has 0 saturated heterocycles. The van der Waals surface area contributed by atoms with Crippen molar-refractivity contribution in [3.05, 3.63) is 23.8 Å². The summed E-state index contributed by atoms with van der Waals surface area (Å²) in [7, 11) is 0. The van der Waals surface area contributed by atoms with Gasteiger partial charge in [0.15, 0.2) is 0 Å². The molecule has 0 spiro atoms. The van der Waals surface area contributed by atoms with E-state index in [0.717, 1.165) is 37.1 Å². The summed E-state index contributed by atoms with van der Waals surface area (Å²) in [6, 6.07) is 3.80. The quantitative estimate of drug-likeness (QED) is 0.460. The van der Waals surface area contributed by atoms with Crippen LogP contribution in [0.3, 0.4) is 0 Å². The van der Waals surface area contributed by atoms with Crippen molar-refractivity contribution < 1.29 is 19.7 Å². The predicted molar refractivity (Wildman–Crippen MR) is 72.3 cm³/mol. The molecular formula is C13H17BrO4. The van der Waals surface area contributed by atoms with Crippen LogP contribution in [0.15, 0.2) is 18.2 Å². The van der Waals surface area contributed by atoms with Crippen LogP contribution < -0.4 is 0 Å². The van der Waals surface area contributed by atoms with Crippen molar-refractivity contribution in [3.8, 4) is 11.5 Å². The third kappa shape index (κ3) is 4.96. The first-order valence-corrected chi connectivity index (χ1v) is 7.02. The Bertz CT molecular complexity index is 393. The molecule has 0 radical (unpaired) electrons. The van der Waals surface area contributed by atoms with Gasteiger partial charge < -0.3 is 14.9 Å². The summed E-state index contributed by atoms with van der Waals surface area (Å²) >= 11 is 3.35. The number of esters is 1. The lowest BCUT2D eigenvalue weighted by atomic mass is 10.2. The monoisotopic (exact) mass is 316 g/mol. The number of halogens is 1. The van der Waals surface area contributed by atoms with Crippen LogP contribution in [0.1, 0.15) is 36.0 Å². The molecule has 0 saturated carbocycles. The van der Waals surface area contributed by atoms with Gasteiger partial charge in [0.25, 0.3) is 0 Å². The number of carbonyl (C=O) groups excluding carboxylic acids is 1. The molecule has 1 aromatic rings. The summed E-state index contributed by atoms with van der Waals surface area (Å²) in [5.41, 5.74) is 0.0771. The first-order chi connectivity index (χ1) is 8.65. The van der Waals surface area contributed by atoms with Gasteiger partial charge in [0.2, 0.25) is 0 Å². The van der Waals surface area contributed by atoms with E-state index in [2.05, 4.69) is 15.9 Å². The van der Waals surface area contributed by atoms with Crippen LogP contribution >= 0.6 is 15.9 Å². The van der Waals surface area contributed by atoms with Crippen LogP contribution in [0.5, 0.6) is 11.5 Å². The highest BCUT2D eigenvalue weighted by Gasteiger charge is 2.12. The van der Waals surface area contributed by atoms with Gasteiger partial charge in [0.1, 0.15) is 17.1 Å². The number of benzene rings is 1. The second kappa shape index (κ2) is 7.97. The highest BCUT2D eigenvalue weighted by Crippen LogP contribution is 2.23. The van der Waals surface area contributed by atoms with Gasteiger partial charge >= 0.3 is 5.97 Å². The molecule has 4 nitrogen and oxygen atoms in total. The second-order valence-corrected chi connectivity index (χ2v) is 4.73. The number of carbonyl (C=O) groups is 1. The molecule has 0 aliphatic carbocycles. The molecule has 2 N–H and O–H groups in total. The van der Waals surface area contributed by atoms with Gasteiger partial charge in [-0.25, -0.2) is 4.79 Å². The lowest BCUT2D eigenvalue weighted by molar-refractivity contribution is 0.0494. The smallest absolute Gasteiger partial charge is 0.341 e. The second-order valence-electron chi connectivity index (χ2n) is 3.94. The van der Waals surface area contributed by atoms with Crippen molar-refractivity contribution in [2.45, 2.75) is 25.7 Å². The largest absolute Gasteiger partial charge is 0.508 e. The van der Waals surface area contributed by atoms with Crippen LogP contribution in [0, 0.1) is 0 Å². The number of unbranched alkanes of at least 4 members (excludes halogenated alkanes) is 3. The zero-order valence-corrected chi connectivity index (χ0v) is 11.6. The molecule has 1 aromatic carbocycles. The van der Waals surface area contributed by atoms with Crippen molar-refractivity contribution in [1.29, 1.82) is 0 Å². The fourth-order valence-corrected chi connectivity index (χ4v) is 1.88. The number of phenols is 2. The normalized spacial score (nSPS) is 10.3. The van der Waals surface area contributed by atoms with E-state index >= 15 is 0 Å². The van der Waals surface area contributed by atoms with Crippen molar-refractivity contribution >= 4 is 21.9 Å². The van der Waals surface area contributed by atoms with E-state index in [1.807, 2.05) is 0 Å². The summed E-state index contributed by atoms with van der Waals surface area (Å²) < 4.78 is 5.04. The van der Waals surface area contributed by atoms with E-state index < -0.39 is 5.97 Å². The molecule has 0 unspecified atom stereocenters. The first kappa shape index (κ1) is 14.8. The molecule has 1 rings (SSSR count). The minimum Gasteiger partial charge on any atom is -0.508 e. The van der Waals surface area contributed by atoms with Gasteiger partial charge in [-0.15, -0.1) is 0 Å². The lowest BCUT2D eigenvalue weighted by Crippen LogP contribution is -2.06. The van der Waals surface area contributed by atoms with Gasteiger partial charge in [0, 0.05) is 11.4 Å².